The van der Waals surface area contributed by atoms with Gasteiger partial charge in [0.15, 0.2) is 0 Å². The van der Waals surface area contributed by atoms with E-state index in [1.54, 1.807) is 7.11 Å². The smallest absolute Gasteiger partial charge is 0.354 e. The lowest BCUT2D eigenvalue weighted by Gasteiger charge is -2.31. The van der Waals surface area contributed by atoms with E-state index in [9.17, 15) is 9.59 Å². The average molecular weight is 343 g/mol. The average Bonchev–Trinajstić information content (AvgIpc) is 3.25. The molecule has 0 aliphatic heterocycles. The molecule has 1 aliphatic carbocycles. The molecule has 0 radical (unpaired) electrons. The molecule has 1 aromatic heterocycles. The van der Waals surface area contributed by atoms with Crippen LogP contribution in [-0.4, -0.2) is 33.6 Å². The highest BCUT2D eigenvalue weighted by Crippen LogP contribution is 2.39. The molecule has 0 saturated heterocycles. The number of carboxylic acid groups (broad SMARTS) is 1. The maximum atomic E-state index is 12.6. The monoisotopic (exact) mass is 343 g/mol. The largest absolute Gasteiger partial charge is 0.497 e. The maximum absolute atomic E-state index is 12.6. The molecule has 1 aliphatic rings. The maximum Gasteiger partial charge on any atom is 0.354 e. The van der Waals surface area contributed by atoms with Gasteiger partial charge >= 0.3 is 5.97 Å². The lowest BCUT2D eigenvalue weighted by atomic mass is 9.88. The summed E-state index contributed by atoms with van der Waals surface area (Å²) >= 11 is 0. The molecule has 7 nitrogen and oxygen atoms in total. The highest BCUT2D eigenvalue weighted by Gasteiger charge is 2.37. The fourth-order valence-electron chi connectivity index (χ4n) is 3.46. The zero-order valence-electron chi connectivity index (χ0n) is 14.1. The van der Waals surface area contributed by atoms with Crippen molar-refractivity contribution in [2.45, 2.75) is 37.8 Å². The van der Waals surface area contributed by atoms with Crippen molar-refractivity contribution in [3.63, 3.8) is 0 Å². The fraction of sp³-hybridized carbons (Fsp3) is 0.389. The third-order valence-electron chi connectivity index (χ3n) is 4.72. The predicted octanol–water partition coefficient (Wildman–Crippen LogP) is 2.18. The summed E-state index contributed by atoms with van der Waals surface area (Å²) in [5.41, 5.74) is 0.635. The van der Waals surface area contributed by atoms with E-state index in [1.165, 1.54) is 17.1 Å². The molecule has 1 fully saturated rings. The Hall–Kier alpha value is -2.83. The van der Waals surface area contributed by atoms with Crippen molar-refractivity contribution in [3.05, 3.63) is 48.0 Å². The van der Waals surface area contributed by atoms with Gasteiger partial charge in [-0.15, -0.1) is 0 Å². The van der Waals surface area contributed by atoms with Gasteiger partial charge in [0.1, 0.15) is 18.0 Å². The minimum absolute atomic E-state index is 0.0000643. The van der Waals surface area contributed by atoms with Gasteiger partial charge in [0.05, 0.1) is 25.2 Å². The van der Waals surface area contributed by atoms with Gasteiger partial charge in [0.25, 0.3) is 0 Å². The zero-order chi connectivity index (χ0) is 17.9. The van der Waals surface area contributed by atoms with Gasteiger partial charge in [-0.2, -0.15) is 0 Å². The molecule has 3 rings (SSSR count). The van der Waals surface area contributed by atoms with Crippen molar-refractivity contribution in [1.82, 2.24) is 14.9 Å². The minimum Gasteiger partial charge on any atom is -0.497 e. The van der Waals surface area contributed by atoms with E-state index >= 15 is 0 Å². The van der Waals surface area contributed by atoms with Gasteiger partial charge in [-0.25, -0.2) is 9.78 Å². The molecule has 25 heavy (non-hydrogen) atoms. The number of imidazole rings is 1. The van der Waals surface area contributed by atoms with Crippen LogP contribution in [0.5, 0.6) is 5.75 Å². The number of aromatic nitrogens is 2. The van der Waals surface area contributed by atoms with E-state index < -0.39 is 11.5 Å². The highest BCUT2D eigenvalue weighted by molar-refractivity contribution is 5.86. The fourth-order valence-corrected chi connectivity index (χ4v) is 3.46. The number of carbonyl (C=O) groups is 2. The Bertz CT molecular complexity index is 761. The first-order valence-corrected chi connectivity index (χ1v) is 8.23. The normalized spacial score (nSPS) is 15.7. The third kappa shape index (κ3) is 3.50. The SMILES string of the molecule is COc1ccc(C2(NC(=O)Cn3cncc3C(=O)O)CCCC2)cc1. The van der Waals surface area contributed by atoms with Crippen molar-refractivity contribution in [2.24, 2.45) is 0 Å². The Labute approximate surface area is 145 Å². The summed E-state index contributed by atoms with van der Waals surface area (Å²) in [6, 6.07) is 7.73. The molecule has 0 spiro atoms. The van der Waals surface area contributed by atoms with Crippen molar-refractivity contribution in [2.75, 3.05) is 7.11 Å². The first-order chi connectivity index (χ1) is 12.0. The van der Waals surface area contributed by atoms with E-state index in [-0.39, 0.29) is 18.1 Å². The third-order valence-corrected chi connectivity index (χ3v) is 4.72. The number of nitrogens with one attached hydrogen (secondary N) is 1. The van der Waals surface area contributed by atoms with Crippen LogP contribution in [-0.2, 0) is 16.9 Å². The Kier molecular flexibility index (Phi) is 4.74. The summed E-state index contributed by atoms with van der Waals surface area (Å²) in [5.74, 6) is -0.554. The highest BCUT2D eigenvalue weighted by atomic mass is 16.5. The molecule has 1 heterocycles. The van der Waals surface area contributed by atoms with Crippen molar-refractivity contribution >= 4 is 11.9 Å². The Morgan fingerprint density at radius 3 is 2.56 bits per heavy atom. The van der Waals surface area contributed by atoms with Gasteiger partial charge in [-0.1, -0.05) is 25.0 Å². The molecule has 1 saturated carbocycles. The number of benzene rings is 1. The molecule has 0 atom stereocenters. The van der Waals surface area contributed by atoms with Crippen molar-refractivity contribution in [1.29, 1.82) is 0 Å². The number of hydrogen-bond donors (Lipinski definition) is 2. The van der Waals surface area contributed by atoms with Crippen LogP contribution < -0.4 is 10.1 Å². The van der Waals surface area contributed by atoms with Crippen LogP contribution in [0.15, 0.2) is 36.8 Å². The molecule has 0 bridgehead atoms. The van der Waals surface area contributed by atoms with E-state index in [4.69, 9.17) is 9.84 Å². The second kappa shape index (κ2) is 6.96. The summed E-state index contributed by atoms with van der Waals surface area (Å²) in [6.45, 7) is -0.0699. The number of hydrogen-bond acceptors (Lipinski definition) is 4. The summed E-state index contributed by atoms with van der Waals surface area (Å²) in [6.07, 6.45) is 6.40. The number of nitrogens with zero attached hydrogens (tertiary/aromatic N) is 2. The van der Waals surface area contributed by atoms with Crippen LogP contribution in [0.4, 0.5) is 0 Å². The van der Waals surface area contributed by atoms with E-state index in [0.29, 0.717) is 0 Å². The predicted molar refractivity (Wildman–Crippen MR) is 90.5 cm³/mol. The molecule has 0 unspecified atom stereocenters. The summed E-state index contributed by atoms with van der Waals surface area (Å²) < 4.78 is 6.54. The summed E-state index contributed by atoms with van der Waals surface area (Å²) in [5, 5.41) is 12.3. The van der Waals surface area contributed by atoms with E-state index in [2.05, 4.69) is 10.3 Å². The van der Waals surface area contributed by atoms with Crippen LogP contribution in [0.3, 0.4) is 0 Å². The van der Waals surface area contributed by atoms with E-state index in [1.807, 2.05) is 24.3 Å². The number of rotatable bonds is 6. The lowest BCUT2D eigenvalue weighted by Crippen LogP contribution is -2.45. The zero-order valence-corrected chi connectivity index (χ0v) is 14.1. The number of carboxylic acids is 1. The van der Waals surface area contributed by atoms with Gasteiger partial charge in [-0.3, -0.25) is 4.79 Å². The number of amides is 1. The number of aromatic carboxylic acids is 1. The van der Waals surface area contributed by atoms with Gasteiger partial charge in [0.2, 0.25) is 5.91 Å². The quantitative estimate of drug-likeness (QED) is 0.838. The number of methoxy groups -OCH3 is 1. The first-order valence-electron chi connectivity index (χ1n) is 8.23. The summed E-state index contributed by atoms with van der Waals surface area (Å²) in [7, 11) is 1.62. The first kappa shape index (κ1) is 17.0. The second-order valence-corrected chi connectivity index (χ2v) is 6.28. The molecule has 132 valence electrons. The molecular weight excluding hydrogens is 322 g/mol. The minimum atomic E-state index is -1.10. The lowest BCUT2D eigenvalue weighted by molar-refractivity contribution is -0.123. The Morgan fingerprint density at radius 2 is 1.96 bits per heavy atom. The van der Waals surface area contributed by atoms with Gasteiger partial charge in [0, 0.05) is 0 Å². The van der Waals surface area contributed by atoms with Gasteiger partial charge < -0.3 is 19.7 Å². The van der Waals surface area contributed by atoms with Gasteiger partial charge in [-0.05, 0) is 30.5 Å². The Balaban J connectivity index is 1.78. The molecule has 7 heteroatoms. The van der Waals surface area contributed by atoms with E-state index in [0.717, 1.165) is 37.0 Å². The summed E-state index contributed by atoms with van der Waals surface area (Å²) in [4.78, 5) is 27.5. The van der Waals surface area contributed by atoms with Crippen molar-refractivity contribution in [3.8, 4) is 5.75 Å². The molecule has 1 amide bonds. The van der Waals surface area contributed by atoms with Crippen LogP contribution >= 0.6 is 0 Å². The molecule has 1 aromatic carbocycles. The second-order valence-electron chi connectivity index (χ2n) is 6.28. The molecule has 2 aromatic rings. The topological polar surface area (TPSA) is 93.5 Å². The van der Waals surface area contributed by atoms with Crippen LogP contribution in [0.2, 0.25) is 0 Å². The number of ether oxygens (including phenoxy) is 1. The molecular formula is C18H21N3O4. The Morgan fingerprint density at radius 1 is 1.28 bits per heavy atom. The molecule has 2 N–H and O–H groups in total. The number of carbonyl (C=O) groups excluding carboxylic acids is 1. The van der Waals surface area contributed by atoms with Crippen LogP contribution in [0.25, 0.3) is 0 Å². The standard InChI is InChI=1S/C18H21N3O4/c1-25-14-6-4-13(5-7-14)18(8-2-3-9-18)20-16(22)11-21-12-19-10-15(21)17(23)24/h4-7,10,12H,2-3,8-9,11H2,1H3,(H,20,22)(H,23,24). The van der Waals surface area contributed by atoms with Crippen LogP contribution in [0.1, 0.15) is 41.7 Å². The van der Waals surface area contributed by atoms with Crippen LogP contribution in [0, 0.1) is 0 Å². The van der Waals surface area contributed by atoms with Crippen molar-refractivity contribution < 1.29 is 19.4 Å².